The van der Waals surface area contributed by atoms with Gasteiger partial charge in [-0.2, -0.15) is 0 Å². The van der Waals surface area contributed by atoms with E-state index in [4.69, 9.17) is 5.11 Å². The van der Waals surface area contributed by atoms with Crippen LogP contribution >= 0.6 is 0 Å². The molecular formula is C8H16N4O. The van der Waals surface area contributed by atoms with Crippen LogP contribution in [-0.4, -0.2) is 39.3 Å². The van der Waals surface area contributed by atoms with Gasteiger partial charge in [-0.25, -0.2) is 0 Å². The van der Waals surface area contributed by atoms with Crippen LogP contribution in [0.1, 0.15) is 13.3 Å². The Morgan fingerprint density at radius 2 is 2.38 bits per heavy atom. The van der Waals surface area contributed by atoms with E-state index in [1.807, 2.05) is 6.20 Å². The third kappa shape index (κ3) is 4.59. The molecule has 0 spiro atoms. The van der Waals surface area contributed by atoms with Gasteiger partial charge in [0.1, 0.15) is 0 Å². The van der Waals surface area contributed by atoms with Crippen LogP contribution in [0.3, 0.4) is 0 Å². The average Bonchev–Trinajstić information content (AvgIpc) is 2.55. The normalized spacial score (nSPS) is 13.1. The quantitative estimate of drug-likeness (QED) is 0.593. The Morgan fingerprint density at radius 1 is 1.54 bits per heavy atom. The first kappa shape index (κ1) is 10.1. The highest BCUT2D eigenvalue weighted by Crippen LogP contribution is 1.85. The summed E-state index contributed by atoms with van der Waals surface area (Å²) < 4.78 is 1.77. The van der Waals surface area contributed by atoms with Crippen molar-refractivity contribution in [2.75, 3.05) is 13.1 Å². The SMILES string of the molecule is CC(O)CCNCCn1ccnn1. The molecule has 0 amide bonds. The second-order valence-electron chi connectivity index (χ2n) is 3.05. The smallest absolute Gasteiger partial charge is 0.0692 e. The molecular weight excluding hydrogens is 168 g/mol. The van der Waals surface area contributed by atoms with Crippen molar-refractivity contribution in [1.29, 1.82) is 0 Å². The van der Waals surface area contributed by atoms with Crippen LogP contribution in [0.5, 0.6) is 0 Å². The van der Waals surface area contributed by atoms with Crippen molar-refractivity contribution in [1.82, 2.24) is 20.3 Å². The van der Waals surface area contributed by atoms with Crippen molar-refractivity contribution in [3.63, 3.8) is 0 Å². The summed E-state index contributed by atoms with van der Waals surface area (Å²) in [4.78, 5) is 0. The summed E-state index contributed by atoms with van der Waals surface area (Å²) in [5.74, 6) is 0. The molecule has 1 rings (SSSR count). The molecule has 0 radical (unpaired) electrons. The lowest BCUT2D eigenvalue weighted by Crippen LogP contribution is -2.23. The molecule has 0 aliphatic rings. The zero-order valence-electron chi connectivity index (χ0n) is 7.85. The highest BCUT2D eigenvalue weighted by Gasteiger charge is 1.94. The van der Waals surface area contributed by atoms with Crippen molar-refractivity contribution in [2.24, 2.45) is 0 Å². The largest absolute Gasteiger partial charge is 0.393 e. The van der Waals surface area contributed by atoms with Crippen molar-refractivity contribution in [3.05, 3.63) is 12.4 Å². The number of aliphatic hydroxyl groups excluding tert-OH is 1. The number of aromatic nitrogens is 3. The number of hydrogen-bond donors (Lipinski definition) is 2. The Balaban J connectivity index is 1.96. The lowest BCUT2D eigenvalue weighted by Gasteiger charge is -2.05. The summed E-state index contributed by atoms with van der Waals surface area (Å²) in [7, 11) is 0. The van der Waals surface area contributed by atoms with Gasteiger partial charge in [0, 0.05) is 12.7 Å². The Hall–Kier alpha value is -0.940. The van der Waals surface area contributed by atoms with Gasteiger partial charge in [-0.05, 0) is 19.9 Å². The third-order valence-electron chi connectivity index (χ3n) is 1.73. The third-order valence-corrected chi connectivity index (χ3v) is 1.73. The van der Waals surface area contributed by atoms with Gasteiger partial charge in [0.15, 0.2) is 0 Å². The zero-order chi connectivity index (χ0) is 9.52. The second kappa shape index (κ2) is 5.66. The summed E-state index contributed by atoms with van der Waals surface area (Å²) in [6, 6.07) is 0. The van der Waals surface area contributed by atoms with Gasteiger partial charge in [-0.15, -0.1) is 5.10 Å². The van der Waals surface area contributed by atoms with Crippen molar-refractivity contribution in [3.8, 4) is 0 Å². The van der Waals surface area contributed by atoms with E-state index in [-0.39, 0.29) is 6.10 Å². The molecule has 0 bridgehead atoms. The number of aliphatic hydroxyl groups is 1. The minimum absolute atomic E-state index is 0.223. The molecule has 0 aromatic carbocycles. The van der Waals surface area contributed by atoms with Gasteiger partial charge in [-0.3, -0.25) is 4.68 Å². The fraction of sp³-hybridized carbons (Fsp3) is 0.750. The first-order chi connectivity index (χ1) is 6.29. The number of hydrogen-bond acceptors (Lipinski definition) is 4. The Kier molecular flexibility index (Phi) is 4.42. The summed E-state index contributed by atoms with van der Waals surface area (Å²) in [5.41, 5.74) is 0. The summed E-state index contributed by atoms with van der Waals surface area (Å²) in [5, 5.41) is 19.7. The van der Waals surface area contributed by atoms with Crippen LogP contribution in [-0.2, 0) is 6.54 Å². The molecule has 0 aliphatic heterocycles. The second-order valence-corrected chi connectivity index (χ2v) is 3.05. The van der Waals surface area contributed by atoms with Crippen molar-refractivity contribution >= 4 is 0 Å². The minimum Gasteiger partial charge on any atom is -0.393 e. The van der Waals surface area contributed by atoms with Crippen LogP contribution in [0.2, 0.25) is 0 Å². The zero-order valence-corrected chi connectivity index (χ0v) is 7.85. The van der Waals surface area contributed by atoms with Crippen molar-refractivity contribution < 1.29 is 5.11 Å². The predicted molar refractivity (Wildman–Crippen MR) is 49.2 cm³/mol. The summed E-state index contributed by atoms with van der Waals surface area (Å²) in [6.07, 6.45) is 4.06. The standard InChI is InChI=1S/C8H16N4O/c1-8(13)2-3-9-4-6-12-7-5-10-11-12/h5,7-9,13H,2-4,6H2,1H3. The van der Waals surface area contributed by atoms with Crippen LogP contribution in [0.4, 0.5) is 0 Å². The fourth-order valence-electron chi connectivity index (χ4n) is 0.982. The molecule has 5 nitrogen and oxygen atoms in total. The number of nitrogens with one attached hydrogen (secondary N) is 1. The Labute approximate surface area is 77.8 Å². The van der Waals surface area contributed by atoms with E-state index >= 15 is 0 Å². The molecule has 1 heterocycles. The molecule has 1 aromatic rings. The van der Waals surface area contributed by atoms with E-state index in [2.05, 4.69) is 15.6 Å². The molecule has 2 N–H and O–H groups in total. The van der Waals surface area contributed by atoms with Gasteiger partial charge < -0.3 is 10.4 Å². The van der Waals surface area contributed by atoms with Gasteiger partial charge in [-0.1, -0.05) is 5.21 Å². The first-order valence-electron chi connectivity index (χ1n) is 4.52. The first-order valence-corrected chi connectivity index (χ1v) is 4.52. The summed E-state index contributed by atoms with van der Waals surface area (Å²) in [6.45, 7) is 4.31. The maximum atomic E-state index is 8.97. The predicted octanol–water partition coefficient (Wildman–Crippen LogP) is -0.361. The molecule has 0 aliphatic carbocycles. The maximum Gasteiger partial charge on any atom is 0.0692 e. The van der Waals surface area contributed by atoms with E-state index in [9.17, 15) is 0 Å². The van der Waals surface area contributed by atoms with Gasteiger partial charge in [0.05, 0.1) is 18.8 Å². The lowest BCUT2D eigenvalue weighted by molar-refractivity contribution is 0.183. The van der Waals surface area contributed by atoms with E-state index in [1.165, 1.54) is 0 Å². The molecule has 1 atom stereocenters. The van der Waals surface area contributed by atoms with E-state index in [0.717, 1.165) is 26.1 Å². The molecule has 0 saturated carbocycles. The van der Waals surface area contributed by atoms with Crippen LogP contribution in [0, 0.1) is 0 Å². The van der Waals surface area contributed by atoms with Crippen LogP contribution in [0.25, 0.3) is 0 Å². The molecule has 1 aromatic heterocycles. The lowest BCUT2D eigenvalue weighted by atomic mass is 10.3. The molecule has 0 saturated heterocycles. The Bertz CT molecular complexity index is 210. The number of rotatable bonds is 6. The maximum absolute atomic E-state index is 8.97. The van der Waals surface area contributed by atoms with E-state index in [0.29, 0.717) is 0 Å². The van der Waals surface area contributed by atoms with Gasteiger partial charge in [0.25, 0.3) is 0 Å². The molecule has 74 valence electrons. The van der Waals surface area contributed by atoms with Gasteiger partial charge in [0.2, 0.25) is 0 Å². The Morgan fingerprint density at radius 3 is 3.00 bits per heavy atom. The molecule has 0 fully saturated rings. The molecule has 1 unspecified atom stereocenters. The fourth-order valence-corrected chi connectivity index (χ4v) is 0.982. The minimum atomic E-state index is -0.223. The van der Waals surface area contributed by atoms with Gasteiger partial charge >= 0.3 is 0 Å². The monoisotopic (exact) mass is 184 g/mol. The number of nitrogens with zero attached hydrogens (tertiary/aromatic N) is 3. The molecule has 13 heavy (non-hydrogen) atoms. The highest BCUT2D eigenvalue weighted by atomic mass is 16.3. The molecule has 5 heteroatoms. The average molecular weight is 184 g/mol. The topological polar surface area (TPSA) is 63.0 Å². The van der Waals surface area contributed by atoms with Crippen LogP contribution in [0.15, 0.2) is 12.4 Å². The van der Waals surface area contributed by atoms with Crippen LogP contribution < -0.4 is 5.32 Å². The summed E-state index contributed by atoms with van der Waals surface area (Å²) >= 11 is 0. The highest BCUT2D eigenvalue weighted by molar-refractivity contribution is 4.64. The van der Waals surface area contributed by atoms with E-state index < -0.39 is 0 Å². The van der Waals surface area contributed by atoms with E-state index in [1.54, 1.807) is 17.8 Å². The van der Waals surface area contributed by atoms with Crippen molar-refractivity contribution in [2.45, 2.75) is 26.0 Å².